The Kier molecular flexibility index (Phi) is 5.05. The van der Waals surface area contributed by atoms with Crippen molar-refractivity contribution in [2.24, 2.45) is 0 Å². The fourth-order valence-corrected chi connectivity index (χ4v) is 3.03. The van der Waals surface area contributed by atoms with Crippen molar-refractivity contribution >= 4 is 39.4 Å². The second kappa shape index (κ2) is 7.42. The van der Waals surface area contributed by atoms with Gasteiger partial charge in [0.2, 0.25) is 5.91 Å². The molecule has 1 atom stereocenters. The van der Waals surface area contributed by atoms with Crippen LogP contribution >= 0.6 is 0 Å². The third kappa shape index (κ3) is 3.92. The smallest absolute Gasteiger partial charge is 0.295 e. The lowest BCUT2D eigenvalue weighted by Crippen LogP contribution is -2.18. The molecule has 3 aromatic rings. The molecule has 0 saturated carbocycles. The van der Waals surface area contributed by atoms with Crippen molar-refractivity contribution in [1.82, 2.24) is 9.55 Å². The molecule has 1 unspecified atom stereocenters. The number of nitrogens with zero attached hydrogens (tertiary/aromatic N) is 3. The Morgan fingerprint density at radius 3 is 2.65 bits per heavy atom. The van der Waals surface area contributed by atoms with Crippen molar-refractivity contribution in [1.29, 1.82) is 0 Å². The number of nitrogens with one attached hydrogen (secondary N) is 1. The molecule has 1 aromatic heterocycles. The molecule has 0 aliphatic rings. The zero-order chi connectivity index (χ0) is 18.7. The van der Waals surface area contributed by atoms with Gasteiger partial charge < -0.3 is 14.4 Å². The van der Waals surface area contributed by atoms with Gasteiger partial charge in [-0.2, -0.15) is 0 Å². The summed E-state index contributed by atoms with van der Waals surface area (Å²) in [6.07, 6.45) is 1.39. The molecule has 0 spiro atoms. The fraction of sp³-hybridized carbons (Fsp3) is 0.125. The number of benzene rings is 2. The summed E-state index contributed by atoms with van der Waals surface area (Å²) in [5.41, 5.74) is 1.79. The minimum atomic E-state index is -1.93. The molecule has 134 valence electrons. The molecule has 0 saturated heterocycles. The predicted molar refractivity (Wildman–Crippen MR) is 95.9 cm³/mol. The molecule has 0 aliphatic carbocycles. The van der Waals surface area contributed by atoms with E-state index in [0.717, 1.165) is 0 Å². The second-order valence-corrected chi connectivity index (χ2v) is 6.42. The van der Waals surface area contributed by atoms with E-state index in [2.05, 4.69) is 10.3 Å². The van der Waals surface area contributed by atoms with Gasteiger partial charge in [0.25, 0.3) is 5.69 Å². The summed E-state index contributed by atoms with van der Waals surface area (Å²) in [6.45, 7) is -0.135. The topological polar surface area (TPSA) is 127 Å². The van der Waals surface area contributed by atoms with E-state index in [1.165, 1.54) is 17.0 Å². The maximum absolute atomic E-state index is 12.2. The number of nitro groups is 1. The Hall–Kier alpha value is -3.11. The lowest BCUT2D eigenvalue weighted by Gasteiger charge is -2.07. The zero-order valence-electron chi connectivity index (χ0n) is 13.4. The van der Waals surface area contributed by atoms with Gasteiger partial charge in [0.15, 0.2) is 11.1 Å². The van der Waals surface area contributed by atoms with Crippen molar-refractivity contribution in [3.63, 3.8) is 0 Å². The number of rotatable bonds is 6. The summed E-state index contributed by atoms with van der Waals surface area (Å²) in [6, 6.07) is 11.1. The average molecular weight is 374 g/mol. The number of carbonyl (C=O) groups is 1. The first kappa shape index (κ1) is 17.7. The van der Waals surface area contributed by atoms with Crippen molar-refractivity contribution < 1.29 is 18.5 Å². The Bertz CT molecular complexity index is 1000. The Morgan fingerprint density at radius 2 is 2.00 bits per heavy atom. The number of carbonyl (C=O) groups excluding carboxylic acids is 1. The maximum Gasteiger partial charge on any atom is 0.295 e. The summed E-state index contributed by atoms with van der Waals surface area (Å²) < 4.78 is 21.1. The van der Waals surface area contributed by atoms with E-state index < -0.39 is 16.0 Å². The Balaban J connectivity index is 1.75. The van der Waals surface area contributed by atoms with Crippen LogP contribution in [0.4, 0.5) is 11.4 Å². The van der Waals surface area contributed by atoms with Gasteiger partial charge in [-0.15, -0.1) is 0 Å². The molecular formula is C16H14N4O5S. The van der Waals surface area contributed by atoms with E-state index in [9.17, 15) is 19.1 Å². The van der Waals surface area contributed by atoms with Crippen molar-refractivity contribution in [3.05, 3.63) is 64.5 Å². The maximum atomic E-state index is 12.2. The first-order valence-electron chi connectivity index (χ1n) is 7.48. The van der Waals surface area contributed by atoms with E-state index in [1.54, 1.807) is 36.4 Å². The number of nitro benzene ring substituents is 1. The van der Waals surface area contributed by atoms with Gasteiger partial charge in [0.05, 0.1) is 22.5 Å². The minimum Gasteiger partial charge on any atom is -0.325 e. The molecule has 9 nitrogen and oxygen atoms in total. The quantitative estimate of drug-likeness (QED) is 0.387. The minimum absolute atomic E-state index is 0.0128. The standard InChI is InChI=1S/C16H14N4O5S/c21-15(18-12-6-4-11(5-7-12)9-26(24)25)8-19-10-17-13-2-1-3-14(16(13)19)20(22)23/h1-7,10H,8-9H2,(H,18,21)(H,24,25). The van der Waals surface area contributed by atoms with Gasteiger partial charge in [0, 0.05) is 11.8 Å². The van der Waals surface area contributed by atoms with Crippen LogP contribution in [0, 0.1) is 10.1 Å². The van der Waals surface area contributed by atoms with Gasteiger partial charge >= 0.3 is 0 Å². The van der Waals surface area contributed by atoms with Crippen molar-refractivity contribution in [2.45, 2.75) is 12.3 Å². The highest BCUT2D eigenvalue weighted by Crippen LogP contribution is 2.24. The first-order chi connectivity index (χ1) is 12.4. The van der Waals surface area contributed by atoms with E-state index in [-0.39, 0.29) is 29.4 Å². The highest BCUT2D eigenvalue weighted by atomic mass is 32.2. The van der Waals surface area contributed by atoms with Crippen LogP contribution in [0.25, 0.3) is 11.0 Å². The molecule has 0 radical (unpaired) electrons. The Labute approximate surface area is 150 Å². The molecule has 1 heterocycles. The molecule has 10 heteroatoms. The van der Waals surface area contributed by atoms with Crippen LogP contribution in [0.1, 0.15) is 5.56 Å². The summed E-state index contributed by atoms with van der Waals surface area (Å²) in [7, 11) is 0. The second-order valence-electron chi connectivity index (χ2n) is 5.49. The zero-order valence-corrected chi connectivity index (χ0v) is 14.2. The number of amides is 1. The van der Waals surface area contributed by atoms with Gasteiger partial charge in [-0.1, -0.05) is 18.2 Å². The van der Waals surface area contributed by atoms with Crippen LogP contribution in [0.3, 0.4) is 0 Å². The van der Waals surface area contributed by atoms with Crippen LogP contribution < -0.4 is 5.32 Å². The average Bonchev–Trinajstić information content (AvgIpc) is 2.99. The molecule has 26 heavy (non-hydrogen) atoms. The molecule has 0 bridgehead atoms. The summed E-state index contributed by atoms with van der Waals surface area (Å²) in [5.74, 6) is -0.361. The molecule has 0 aliphatic heterocycles. The number of anilines is 1. The van der Waals surface area contributed by atoms with Crippen LogP contribution in [0.2, 0.25) is 0 Å². The van der Waals surface area contributed by atoms with Crippen LogP contribution in [0.5, 0.6) is 0 Å². The molecule has 1 amide bonds. The van der Waals surface area contributed by atoms with E-state index in [4.69, 9.17) is 4.55 Å². The normalized spacial score (nSPS) is 12.0. The number of aromatic nitrogens is 2. The number of non-ortho nitro benzene ring substituents is 1. The summed E-state index contributed by atoms with van der Waals surface area (Å²) in [4.78, 5) is 27.0. The fourth-order valence-electron chi connectivity index (χ4n) is 2.56. The number of para-hydroxylation sites is 1. The third-order valence-corrected chi connectivity index (χ3v) is 4.24. The van der Waals surface area contributed by atoms with Crippen LogP contribution in [0.15, 0.2) is 48.8 Å². The number of imidazole rings is 1. The predicted octanol–water partition coefficient (Wildman–Crippen LogP) is 2.30. The molecule has 3 rings (SSSR count). The van der Waals surface area contributed by atoms with Gasteiger partial charge in [-0.25, -0.2) is 9.19 Å². The van der Waals surface area contributed by atoms with E-state index in [1.807, 2.05) is 0 Å². The monoisotopic (exact) mass is 374 g/mol. The molecule has 0 fully saturated rings. The van der Waals surface area contributed by atoms with E-state index in [0.29, 0.717) is 16.8 Å². The SMILES string of the molecule is O=C(Cn1cnc2cccc([N+](=O)[O-])c21)Nc1ccc(CS(=O)O)cc1. The Morgan fingerprint density at radius 1 is 1.27 bits per heavy atom. The molecule has 2 aromatic carbocycles. The highest BCUT2D eigenvalue weighted by Gasteiger charge is 2.17. The number of hydrogen-bond donors (Lipinski definition) is 2. The molecule has 2 N–H and O–H groups in total. The van der Waals surface area contributed by atoms with Crippen molar-refractivity contribution in [3.8, 4) is 0 Å². The number of hydrogen-bond acceptors (Lipinski definition) is 5. The van der Waals surface area contributed by atoms with Gasteiger partial charge in [-0.3, -0.25) is 14.9 Å². The highest BCUT2D eigenvalue weighted by molar-refractivity contribution is 7.78. The summed E-state index contributed by atoms with van der Waals surface area (Å²) in [5, 5.41) is 13.9. The lowest BCUT2D eigenvalue weighted by molar-refractivity contribution is -0.383. The lowest BCUT2D eigenvalue weighted by atomic mass is 10.2. The van der Waals surface area contributed by atoms with Crippen LogP contribution in [-0.2, 0) is 28.2 Å². The largest absolute Gasteiger partial charge is 0.325 e. The summed E-state index contributed by atoms with van der Waals surface area (Å²) >= 11 is -1.93. The van der Waals surface area contributed by atoms with Gasteiger partial charge in [-0.05, 0) is 23.8 Å². The first-order valence-corrected chi connectivity index (χ1v) is 8.76. The number of fused-ring (bicyclic) bond motifs is 1. The van der Waals surface area contributed by atoms with Gasteiger partial charge in [0.1, 0.15) is 12.1 Å². The van der Waals surface area contributed by atoms with Crippen molar-refractivity contribution in [2.75, 3.05) is 5.32 Å². The molecular weight excluding hydrogens is 360 g/mol. The van der Waals surface area contributed by atoms with Crippen LogP contribution in [-0.4, -0.2) is 29.1 Å². The third-order valence-electron chi connectivity index (χ3n) is 3.66. The van der Waals surface area contributed by atoms with E-state index >= 15 is 0 Å².